The molecule has 2 atom stereocenters. The summed E-state index contributed by atoms with van der Waals surface area (Å²) in [5.41, 5.74) is 0.0758. The minimum absolute atomic E-state index is 0.172. The normalized spacial score (nSPS) is 19.7. The Hall–Kier alpha value is -2.69. The van der Waals surface area contributed by atoms with E-state index in [4.69, 9.17) is 0 Å². The quantitative estimate of drug-likeness (QED) is 0.492. The average Bonchev–Trinajstić information content (AvgIpc) is 3.12. The molecule has 4 heterocycles. The van der Waals surface area contributed by atoms with Gasteiger partial charge in [-0.15, -0.1) is 0 Å². The fraction of sp³-hybridized carbons (Fsp3) is 0.429. The van der Waals surface area contributed by atoms with Crippen LogP contribution in [0.1, 0.15) is 31.4 Å². The van der Waals surface area contributed by atoms with E-state index in [2.05, 4.69) is 20.6 Å². The molecule has 0 spiro atoms. The molecule has 31 heavy (non-hydrogen) atoms. The fourth-order valence-corrected chi connectivity index (χ4v) is 3.81. The Morgan fingerprint density at radius 1 is 1.29 bits per heavy atom. The molecule has 0 aromatic carbocycles. The predicted molar refractivity (Wildman–Crippen MR) is 109 cm³/mol. The number of imidazole rings is 1. The first kappa shape index (κ1) is 21.5. The van der Waals surface area contributed by atoms with Crippen LogP contribution in [0.25, 0.3) is 17.0 Å². The molecule has 0 radical (unpaired) electrons. The van der Waals surface area contributed by atoms with E-state index < -0.39 is 29.4 Å². The lowest BCUT2D eigenvalue weighted by molar-refractivity contribution is 0.0755. The third-order valence-electron chi connectivity index (χ3n) is 5.45. The first-order valence-electron chi connectivity index (χ1n) is 10.0. The summed E-state index contributed by atoms with van der Waals surface area (Å²) in [4.78, 5) is 8.33. The van der Waals surface area contributed by atoms with E-state index in [0.29, 0.717) is 35.9 Å². The lowest BCUT2D eigenvalue weighted by Crippen LogP contribution is -2.46. The van der Waals surface area contributed by atoms with Crippen LogP contribution in [0, 0.1) is 11.6 Å². The second kappa shape index (κ2) is 8.10. The summed E-state index contributed by atoms with van der Waals surface area (Å²) < 4.78 is 44.8. The Bertz CT molecular complexity index is 1110. The van der Waals surface area contributed by atoms with Crippen LogP contribution in [0.15, 0.2) is 24.5 Å². The average molecular weight is 435 g/mol. The molecular formula is C21H24F3N5O2. The Morgan fingerprint density at radius 2 is 2.06 bits per heavy atom. The van der Waals surface area contributed by atoms with Gasteiger partial charge in [0, 0.05) is 24.4 Å². The van der Waals surface area contributed by atoms with Crippen molar-refractivity contribution < 1.29 is 23.4 Å². The number of fused-ring (bicyclic) bond motifs is 1. The van der Waals surface area contributed by atoms with Gasteiger partial charge in [-0.2, -0.15) is 0 Å². The molecule has 0 unspecified atom stereocenters. The predicted octanol–water partition coefficient (Wildman–Crippen LogP) is 2.51. The molecule has 3 aromatic heterocycles. The van der Waals surface area contributed by atoms with Gasteiger partial charge in [-0.05, 0) is 38.4 Å². The molecule has 7 nitrogen and oxygen atoms in total. The Kier molecular flexibility index (Phi) is 5.63. The monoisotopic (exact) mass is 435 g/mol. The van der Waals surface area contributed by atoms with Gasteiger partial charge in [0.25, 0.3) is 0 Å². The zero-order valence-electron chi connectivity index (χ0n) is 17.2. The molecule has 1 fully saturated rings. The summed E-state index contributed by atoms with van der Waals surface area (Å²) in [6.45, 7) is 3.65. The maximum absolute atomic E-state index is 14.7. The van der Waals surface area contributed by atoms with Gasteiger partial charge in [0.15, 0.2) is 17.5 Å². The number of pyridine rings is 2. The molecular weight excluding hydrogens is 411 g/mol. The lowest BCUT2D eigenvalue weighted by atomic mass is 9.95. The molecule has 166 valence electrons. The van der Waals surface area contributed by atoms with Gasteiger partial charge in [-0.25, -0.2) is 23.1 Å². The highest BCUT2D eigenvalue weighted by atomic mass is 19.1. The molecule has 4 rings (SSSR count). The van der Waals surface area contributed by atoms with Crippen molar-refractivity contribution in [3.05, 3.63) is 47.3 Å². The van der Waals surface area contributed by atoms with Crippen LogP contribution in [0.2, 0.25) is 0 Å². The molecule has 0 bridgehead atoms. The van der Waals surface area contributed by atoms with Crippen molar-refractivity contribution in [2.75, 3.05) is 18.4 Å². The van der Waals surface area contributed by atoms with Crippen molar-refractivity contribution in [3.63, 3.8) is 0 Å². The number of nitrogens with one attached hydrogen (secondary N) is 2. The molecule has 1 saturated heterocycles. The highest BCUT2D eigenvalue weighted by molar-refractivity contribution is 5.64. The zero-order chi connectivity index (χ0) is 22.3. The second-order valence-electron chi connectivity index (χ2n) is 8.21. The van der Waals surface area contributed by atoms with Crippen LogP contribution < -0.4 is 10.6 Å². The highest BCUT2D eigenvalue weighted by Crippen LogP contribution is 2.30. The van der Waals surface area contributed by atoms with Gasteiger partial charge in [-0.1, -0.05) is 0 Å². The standard InChI is InChI=1S/C21H24F3N5O2/c1-21(2,31)12-9-29-17(8-26-18(29)5-11(12)10-30)19-14(23)6-15(24)20(28-19)27-16-7-25-4-3-13(16)22/h5-6,8-9,13,16,25,30-31H,3-4,7,10H2,1-2H3,(H,27,28)/t13-,16-/m0/s1. The maximum Gasteiger partial charge on any atom is 0.168 e. The van der Waals surface area contributed by atoms with E-state index in [-0.39, 0.29) is 30.2 Å². The lowest BCUT2D eigenvalue weighted by Gasteiger charge is -2.28. The summed E-state index contributed by atoms with van der Waals surface area (Å²) in [5.74, 6) is -2.08. The van der Waals surface area contributed by atoms with Crippen LogP contribution in [-0.2, 0) is 12.2 Å². The Balaban J connectivity index is 1.80. The van der Waals surface area contributed by atoms with Crippen LogP contribution >= 0.6 is 0 Å². The number of aromatic nitrogens is 3. The Morgan fingerprint density at radius 3 is 2.74 bits per heavy atom. The summed E-state index contributed by atoms with van der Waals surface area (Å²) >= 11 is 0. The number of anilines is 1. The van der Waals surface area contributed by atoms with Crippen molar-refractivity contribution in [3.8, 4) is 11.4 Å². The first-order chi connectivity index (χ1) is 14.7. The van der Waals surface area contributed by atoms with Crippen LogP contribution in [0.4, 0.5) is 19.0 Å². The minimum Gasteiger partial charge on any atom is -0.392 e. The van der Waals surface area contributed by atoms with E-state index in [9.17, 15) is 23.4 Å². The van der Waals surface area contributed by atoms with Gasteiger partial charge < -0.3 is 20.8 Å². The van der Waals surface area contributed by atoms with Crippen LogP contribution in [0.5, 0.6) is 0 Å². The van der Waals surface area contributed by atoms with Crippen molar-refractivity contribution in [1.29, 1.82) is 0 Å². The smallest absolute Gasteiger partial charge is 0.168 e. The zero-order valence-corrected chi connectivity index (χ0v) is 17.2. The largest absolute Gasteiger partial charge is 0.392 e. The van der Waals surface area contributed by atoms with Crippen molar-refractivity contribution in [2.45, 2.75) is 44.7 Å². The number of aliphatic hydroxyl groups excluding tert-OH is 1. The van der Waals surface area contributed by atoms with Crippen molar-refractivity contribution >= 4 is 11.5 Å². The van der Waals surface area contributed by atoms with Gasteiger partial charge in [0.2, 0.25) is 0 Å². The number of aliphatic hydroxyl groups is 2. The van der Waals surface area contributed by atoms with Crippen molar-refractivity contribution in [1.82, 2.24) is 19.7 Å². The molecule has 10 heteroatoms. The number of nitrogens with zero attached hydrogens (tertiary/aromatic N) is 3. The molecule has 3 aromatic rings. The third-order valence-corrected chi connectivity index (χ3v) is 5.45. The van der Waals surface area contributed by atoms with E-state index in [1.54, 1.807) is 26.1 Å². The molecule has 0 aliphatic carbocycles. The Labute approximate surface area is 177 Å². The van der Waals surface area contributed by atoms with E-state index >= 15 is 0 Å². The molecule has 1 aliphatic rings. The third kappa shape index (κ3) is 4.10. The van der Waals surface area contributed by atoms with Crippen LogP contribution in [0.3, 0.4) is 0 Å². The molecule has 0 saturated carbocycles. The van der Waals surface area contributed by atoms with Crippen LogP contribution in [-0.4, -0.2) is 49.9 Å². The summed E-state index contributed by atoms with van der Waals surface area (Å²) in [6.07, 6.45) is 2.02. The number of hydrogen-bond donors (Lipinski definition) is 4. The van der Waals surface area contributed by atoms with Gasteiger partial charge in [0.1, 0.15) is 17.5 Å². The first-order valence-corrected chi connectivity index (χ1v) is 10.0. The van der Waals surface area contributed by atoms with E-state index in [1.807, 2.05) is 0 Å². The SMILES string of the molecule is CC(C)(O)c1cn2c(-c3nc(N[C@H]4CNCC[C@@H]4F)c(F)cc3F)cnc2cc1CO. The minimum atomic E-state index is -1.28. The topological polar surface area (TPSA) is 94.7 Å². The number of alkyl halides is 1. The number of piperidine rings is 1. The van der Waals surface area contributed by atoms with Gasteiger partial charge >= 0.3 is 0 Å². The number of hydrogen-bond acceptors (Lipinski definition) is 6. The van der Waals surface area contributed by atoms with E-state index in [0.717, 1.165) is 0 Å². The van der Waals surface area contributed by atoms with E-state index in [1.165, 1.54) is 10.6 Å². The molecule has 1 aliphatic heterocycles. The summed E-state index contributed by atoms with van der Waals surface area (Å²) in [5, 5.41) is 25.9. The van der Waals surface area contributed by atoms with Crippen molar-refractivity contribution in [2.24, 2.45) is 0 Å². The summed E-state index contributed by atoms with van der Waals surface area (Å²) in [6, 6.07) is 1.59. The van der Waals surface area contributed by atoms with Gasteiger partial charge in [-0.3, -0.25) is 4.40 Å². The maximum atomic E-state index is 14.7. The molecule has 4 N–H and O–H groups in total. The number of halogens is 3. The highest BCUT2D eigenvalue weighted by Gasteiger charge is 2.27. The summed E-state index contributed by atoms with van der Waals surface area (Å²) in [7, 11) is 0. The second-order valence-corrected chi connectivity index (χ2v) is 8.21. The fourth-order valence-electron chi connectivity index (χ4n) is 3.81. The number of rotatable bonds is 5. The van der Waals surface area contributed by atoms with Gasteiger partial charge in [0.05, 0.1) is 30.1 Å². The molecule has 0 amide bonds.